The first-order valence-corrected chi connectivity index (χ1v) is 17.0. The lowest BCUT2D eigenvalue weighted by molar-refractivity contribution is 1.18. The van der Waals surface area contributed by atoms with Crippen molar-refractivity contribution in [3.05, 3.63) is 133 Å². The molecule has 9 rings (SSSR count). The van der Waals surface area contributed by atoms with Crippen LogP contribution >= 0.6 is 30.3 Å². The zero-order chi connectivity index (χ0) is 27.1. The topological polar surface area (TPSA) is 14.8 Å². The van der Waals surface area contributed by atoms with Gasteiger partial charge in [-0.2, -0.15) is 0 Å². The van der Waals surface area contributed by atoms with Crippen molar-refractivity contribution in [3.8, 4) is 11.4 Å². The Hall–Kier alpha value is -4.20. The van der Waals surface area contributed by atoms with E-state index in [1.165, 1.54) is 76.8 Å². The molecule has 0 aliphatic rings. The molecule has 0 aliphatic heterocycles. The maximum atomic E-state index is 2.40. The van der Waals surface area contributed by atoms with Crippen molar-refractivity contribution in [1.29, 1.82) is 0 Å². The number of rotatable bonds is 3. The molecule has 0 unspecified atom stereocenters. The minimum atomic E-state index is 1.18. The monoisotopic (exact) mass is 655 g/mol. The van der Waals surface area contributed by atoms with Gasteiger partial charge in [0, 0.05) is 74.0 Å². The number of hydrogen-bond donors (Lipinski definition) is 0. The molecule has 0 saturated heterocycles. The summed E-state index contributed by atoms with van der Waals surface area (Å²) < 4.78 is 7.15. The van der Waals surface area contributed by atoms with Crippen LogP contribution in [0.4, 0.5) is 0 Å². The largest absolute Gasteiger partial charge is 0.309 e. The van der Waals surface area contributed by atoms with E-state index < -0.39 is 0 Å². The lowest BCUT2D eigenvalue weighted by Crippen LogP contribution is -1.94. The molecule has 9 aromatic rings. The van der Waals surface area contributed by atoms with Crippen LogP contribution in [0.2, 0.25) is 0 Å². The molecule has 0 bridgehead atoms. The third-order valence-corrected chi connectivity index (χ3v) is 10.1. The minimum absolute atomic E-state index is 1.18. The van der Waals surface area contributed by atoms with Crippen LogP contribution in [0.15, 0.2) is 133 Å². The Kier molecular flexibility index (Phi) is 5.10. The first-order valence-electron chi connectivity index (χ1n) is 13.7. The van der Waals surface area contributed by atoms with E-state index in [4.69, 9.17) is 0 Å². The Balaban J connectivity index is 1.35. The third kappa shape index (κ3) is 3.27. The van der Waals surface area contributed by atoms with E-state index in [1.54, 1.807) is 9.12 Å². The average molecular weight is 656 g/mol. The van der Waals surface area contributed by atoms with Crippen LogP contribution in [0.5, 0.6) is 0 Å². The van der Waals surface area contributed by atoms with Gasteiger partial charge in [-0.15, -0.1) is 0 Å². The highest BCUT2D eigenvalue weighted by Gasteiger charge is 2.17. The SMILES string of the molecule is ISn1c2ccc(-n3c4ccccc4c4ccccc43)cc2c2cc(-n3c4ccccc4c4ccccc43)ccc21. The standard InChI is InChI=1S/C36H22IN3S/c37-41-40-35-19-17-23(38-31-13-5-1-9-25(31)26-10-2-6-14-32(26)38)21-29(35)30-22-24(18-20-36(30)40)39-33-15-7-3-11-27(33)28-12-4-8-16-34(28)39/h1-22H. The van der Waals surface area contributed by atoms with Crippen molar-refractivity contribution in [2.45, 2.75) is 0 Å². The van der Waals surface area contributed by atoms with Crippen molar-refractivity contribution in [1.82, 2.24) is 13.1 Å². The van der Waals surface area contributed by atoms with E-state index >= 15 is 0 Å². The number of aromatic nitrogens is 3. The third-order valence-electron chi connectivity index (χ3n) is 8.43. The summed E-state index contributed by atoms with van der Waals surface area (Å²) in [6.45, 7) is 0. The molecule has 3 heterocycles. The summed E-state index contributed by atoms with van der Waals surface area (Å²) in [6, 6.07) is 48.7. The quantitative estimate of drug-likeness (QED) is 0.173. The number of benzene rings is 6. The lowest BCUT2D eigenvalue weighted by Gasteiger charge is -2.09. The second-order valence-corrected chi connectivity index (χ2v) is 12.2. The molecule has 0 spiro atoms. The summed E-state index contributed by atoms with van der Waals surface area (Å²) >= 11 is 2.40. The molecule has 0 N–H and O–H groups in total. The van der Waals surface area contributed by atoms with E-state index in [0.29, 0.717) is 0 Å². The maximum Gasteiger partial charge on any atom is 0.0613 e. The van der Waals surface area contributed by atoms with Crippen LogP contribution in [0.1, 0.15) is 0 Å². The number of para-hydroxylation sites is 4. The number of fused-ring (bicyclic) bond motifs is 9. The van der Waals surface area contributed by atoms with Gasteiger partial charge in [0.05, 0.1) is 33.1 Å². The van der Waals surface area contributed by atoms with Crippen LogP contribution in [0.3, 0.4) is 0 Å². The van der Waals surface area contributed by atoms with Crippen LogP contribution < -0.4 is 0 Å². The Labute approximate surface area is 252 Å². The maximum absolute atomic E-state index is 2.40. The fourth-order valence-electron chi connectivity index (χ4n) is 6.72. The molecule has 0 amide bonds. The highest BCUT2D eigenvalue weighted by molar-refractivity contribution is 14.2. The zero-order valence-electron chi connectivity index (χ0n) is 21.8. The average Bonchev–Trinajstić information content (AvgIpc) is 3.66. The molecule has 3 aromatic heterocycles. The van der Waals surface area contributed by atoms with Crippen molar-refractivity contribution >= 4 is 95.7 Å². The molecule has 3 nitrogen and oxygen atoms in total. The first kappa shape index (κ1) is 23.5. The van der Waals surface area contributed by atoms with Gasteiger partial charge >= 0.3 is 0 Å². The van der Waals surface area contributed by atoms with Crippen molar-refractivity contribution in [2.24, 2.45) is 0 Å². The van der Waals surface area contributed by atoms with E-state index in [-0.39, 0.29) is 0 Å². The number of nitrogens with zero attached hydrogens (tertiary/aromatic N) is 3. The van der Waals surface area contributed by atoms with Crippen LogP contribution in [-0.4, -0.2) is 13.1 Å². The molecular weight excluding hydrogens is 633 g/mol. The molecular formula is C36H22IN3S. The molecule has 0 radical (unpaired) electrons. The van der Waals surface area contributed by atoms with E-state index in [1.807, 2.05) is 0 Å². The highest BCUT2D eigenvalue weighted by Crippen LogP contribution is 2.40. The molecule has 0 saturated carbocycles. The van der Waals surface area contributed by atoms with Gasteiger partial charge in [0.1, 0.15) is 0 Å². The van der Waals surface area contributed by atoms with Crippen molar-refractivity contribution in [2.75, 3.05) is 0 Å². The van der Waals surface area contributed by atoms with Gasteiger partial charge in [-0.3, -0.25) is 3.97 Å². The fourth-order valence-corrected chi connectivity index (χ4v) is 8.46. The van der Waals surface area contributed by atoms with Gasteiger partial charge < -0.3 is 9.13 Å². The van der Waals surface area contributed by atoms with E-state index in [9.17, 15) is 0 Å². The number of halogens is 1. The summed E-state index contributed by atoms with van der Waals surface area (Å²) in [5.41, 5.74) is 9.71. The predicted molar refractivity (Wildman–Crippen MR) is 185 cm³/mol. The van der Waals surface area contributed by atoms with Crippen LogP contribution in [0.25, 0.3) is 76.8 Å². The van der Waals surface area contributed by atoms with Gasteiger partial charge in [0.15, 0.2) is 0 Å². The van der Waals surface area contributed by atoms with Crippen LogP contribution in [0, 0.1) is 0 Å². The highest BCUT2D eigenvalue weighted by atomic mass is 127. The summed E-state index contributed by atoms with van der Waals surface area (Å²) in [5.74, 6) is 0. The van der Waals surface area contributed by atoms with Gasteiger partial charge in [-0.1, -0.05) is 72.8 Å². The molecule has 5 heteroatoms. The van der Waals surface area contributed by atoms with E-state index in [0.717, 1.165) is 0 Å². The molecule has 6 aromatic carbocycles. The van der Waals surface area contributed by atoms with Gasteiger partial charge in [0.2, 0.25) is 0 Å². The summed E-state index contributed by atoms with van der Waals surface area (Å²) in [5, 5.41) is 7.63. The Morgan fingerprint density at radius 2 is 0.707 bits per heavy atom. The van der Waals surface area contributed by atoms with Crippen molar-refractivity contribution < 1.29 is 0 Å². The molecule has 0 atom stereocenters. The zero-order valence-corrected chi connectivity index (χ0v) is 24.8. The molecule has 194 valence electrons. The fraction of sp³-hybridized carbons (Fsp3) is 0. The second kappa shape index (κ2) is 8.90. The first-order chi connectivity index (χ1) is 20.3. The normalized spacial score (nSPS) is 12.1. The Morgan fingerprint density at radius 1 is 0.366 bits per heavy atom. The summed E-state index contributed by atoms with van der Waals surface area (Å²) in [6.07, 6.45) is 0. The molecule has 0 aliphatic carbocycles. The van der Waals surface area contributed by atoms with Gasteiger partial charge in [-0.25, -0.2) is 0 Å². The van der Waals surface area contributed by atoms with Crippen LogP contribution in [-0.2, 0) is 0 Å². The second-order valence-electron chi connectivity index (χ2n) is 10.5. The Bertz CT molecular complexity index is 2200. The van der Waals surface area contributed by atoms with Gasteiger partial charge in [0.25, 0.3) is 0 Å². The molecule has 0 fully saturated rings. The van der Waals surface area contributed by atoms with E-state index in [2.05, 4.69) is 168 Å². The number of hydrogen-bond acceptors (Lipinski definition) is 1. The van der Waals surface area contributed by atoms with Gasteiger partial charge in [-0.05, 0) is 60.7 Å². The van der Waals surface area contributed by atoms with Crippen molar-refractivity contribution in [3.63, 3.8) is 0 Å². The summed E-state index contributed by atoms with van der Waals surface area (Å²) in [4.78, 5) is 0. The minimum Gasteiger partial charge on any atom is -0.309 e. The summed E-state index contributed by atoms with van der Waals surface area (Å²) in [7, 11) is 1.72. The predicted octanol–water partition coefficient (Wildman–Crippen LogP) is 10.8. The lowest BCUT2D eigenvalue weighted by atomic mass is 10.1. The molecule has 41 heavy (non-hydrogen) atoms. The smallest absolute Gasteiger partial charge is 0.0613 e. The Morgan fingerprint density at radius 3 is 1.05 bits per heavy atom.